The van der Waals surface area contributed by atoms with E-state index in [4.69, 9.17) is 0 Å². The predicted octanol–water partition coefficient (Wildman–Crippen LogP) is 3.58. The molecule has 2 aromatic rings. The second-order valence-electron chi connectivity index (χ2n) is 7.76. The van der Waals surface area contributed by atoms with Gasteiger partial charge in [-0.1, -0.05) is 48.0 Å². The summed E-state index contributed by atoms with van der Waals surface area (Å²) in [5.41, 5.74) is 4.64. The van der Waals surface area contributed by atoms with Crippen LogP contribution in [0, 0.1) is 12.8 Å². The number of nitrogens with one attached hydrogen (secondary N) is 1. The molecule has 4 nitrogen and oxygen atoms in total. The van der Waals surface area contributed by atoms with Crippen LogP contribution in [-0.2, 0) is 16.0 Å². The van der Waals surface area contributed by atoms with Crippen LogP contribution in [-0.4, -0.2) is 24.9 Å². The number of aryl methyl sites for hydroxylation is 1. The summed E-state index contributed by atoms with van der Waals surface area (Å²) in [4.78, 5) is 26.9. The Morgan fingerprint density at radius 3 is 2.59 bits per heavy atom. The predicted molar refractivity (Wildman–Crippen MR) is 107 cm³/mol. The molecule has 1 unspecified atom stereocenters. The highest BCUT2D eigenvalue weighted by atomic mass is 16.2. The summed E-state index contributed by atoms with van der Waals surface area (Å²) in [7, 11) is 0. The largest absolute Gasteiger partial charge is 0.347 e. The van der Waals surface area contributed by atoms with Crippen molar-refractivity contribution in [3.05, 3.63) is 65.2 Å². The highest BCUT2D eigenvalue weighted by molar-refractivity contribution is 5.98. The molecular weight excluding hydrogens is 336 g/mol. The maximum atomic E-state index is 12.6. The molecule has 0 spiro atoms. The van der Waals surface area contributed by atoms with Gasteiger partial charge in [0.15, 0.2) is 0 Å². The lowest BCUT2D eigenvalue weighted by atomic mass is 9.90. The minimum absolute atomic E-state index is 0.0340. The number of hydrogen-bond donors (Lipinski definition) is 1. The van der Waals surface area contributed by atoms with Gasteiger partial charge in [0.2, 0.25) is 11.8 Å². The molecule has 4 rings (SSSR count). The van der Waals surface area contributed by atoms with Crippen LogP contribution in [0.4, 0.5) is 5.69 Å². The first kappa shape index (κ1) is 17.8. The molecule has 2 aromatic carbocycles. The molecule has 0 radical (unpaired) electrons. The van der Waals surface area contributed by atoms with E-state index in [1.807, 2.05) is 18.2 Å². The van der Waals surface area contributed by atoms with Crippen molar-refractivity contribution in [3.63, 3.8) is 0 Å². The number of hydrogen-bond acceptors (Lipinski definition) is 2. The zero-order valence-corrected chi connectivity index (χ0v) is 15.8. The summed E-state index contributed by atoms with van der Waals surface area (Å²) < 4.78 is 0. The number of nitrogens with zero attached hydrogens (tertiary/aromatic N) is 1. The first-order valence-corrected chi connectivity index (χ1v) is 9.83. The average Bonchev–Trinajstić information content (AvgIpc) is 3.43. The summed E-state index contributed by atoms with van der Waals surface area (Å²) in [5, 5.41) is 2.85. The highest BCUT2D eigenvalue weighted by Gasteiger charge is 2.34. The normalized spacial score (nSPS) is 16.7. The third kappa shape index (κ3) is 4.05. The molecule has 27 heavy (non-hydrogen) atoms. The molecule has 1 aliphatic heterocycles. The fourth-order valence-electron chi connectivity index (χ4n) is 4.01. The molecule has 0 bridgehead atoms. The van der Waals surface area contributed by atoms with Gasteiger partial charge in [0, 0.05) is 18.7 Å². The van der Waals surface area contributed by atoms with Crippen LogP contribution in [0.1, 0.15) is 41.9 Å². The standard InChI is InChI=1S/C23H26N2O2/c1-16-6-8-17(9-7-16)20(18-10-11-18)14-22(26)24-15-23(27)25-13-12-19-4-2-3-5-21(19)25/h2-9,18,20H,10-15H2,1H3,(H,24,26). The molecule has 0 saturated heterocycles. The molecule has 1 fully saturated rings. The average molecular weight is 362 g/mol. The van der Waals surface area contributed by atoms with Crippen molar-refractivity contribution in [1.82, 2.24) is 5.32 Å². The number of para-hydroxylation sites is 1. The number of amides is 2. The number of benzene rings is 2. The molecule has 140 valence electrons. The number of fused-ring (bicyclic) bond motifs is 1. The molecule has 1 aliphatic carbocycles. The third-order valence-corrected chi connectivity index (χ3v) is 5.73. The van der Waals surface area contributed by atoms with Crippen molar-refractivity contribution in [1.29, 1.82) is 0 Å². The summed E-state index contributed by atoms with van der Waals surface area (Å²) in [6.07, 6.45) is 3.72. The SMILES string of the molecule is Cc1ccc(C(CC(=O)NCC(=O)N2CCc3ccccc32)C2CC2)cc1. The van der Waals surface area contributed by atoms with Crippen molar-refractivity contribution in [2.24, 2.45) is 5.92 Å². The molecule has 2 aliphatic rings. The Labute approximate surface area is 160 Å². The van der Waals surface area contributed by atoms with Crippen molar-refractivity contribution < 1.29 is 9.59 Å². The first-order valence-electron chi connectivity index (χ1n) is 9.83. The minimum atomic E-state index is -0.0355. The molecule has 1 saturated carbocycles. The van der Waals surface area contributed by atoms with Gasteiger partial charge >= 0.3 is 0 Å². The van der Waals surface area contributed by atoms with E-state index >= 15 is 0 Å². The van der Waals surface area contributed by atoms with Gasteiger partial charge in [-0.05, 0) is 55.2 Å². The summed E-state index contributed by atoms with van der Waals surface area (Å²) in [5.74, 6) is 0.785. The van der Waals surface area contributed by atoms with Gasteiger partial charge in [-0.2, -0.15) is 0 Å². The van der Waals surface area contributed by atoms with E-state index in [2.05, 4.69) is 42.6 Å². The van der Waals surface area contributed by atoms with Crippen LogP contribution in [0.5, 0.6) is 0 Å². The smallest absolute Gasteiger partial charge is 0.246 e. The Balaban J connectivity index is 1.34. The quantitative estimate of drug-likeness (QED) is 0.854. The topological polar surface area (TPSA) is 49.4 Å². The molecule has 0 aromatic heterocycles. The molecule has 1 N–H and O–H groups in total. The lowest BCUT2D eigenvalue weighted by molar-refractivity contribution is -0.125. The fourth-order valence-corrected chi connectivity index (χ4v) is 4.01. The first-order chi connectivity index (χ1) is 13.1. The van der Waals surface area contributed by atoms with Crippen LogP contribution in [0.3, 0.4) is 0 Å². The second kappa shape index (κ2) is 7.55. The van der Waals surface area contributed by atoms with Crippen LogP contribution >= 0.6 is 0 Å². The van der Waals surface area contributed by atoms with Gasteiger partial charge in [0.05, 0.1) is 6.54 Å². The van der Waals surface area contributed by atoms with E-state index < -0.39 is 0 Å². The minimum Gasteiger partial charge on any atom is -0.347 e. The monoisotopic (exact) mass is 362 g/mol. The highest BCUT2D eigenvalue weighted by Crippen LogP contribution is 2.44. The maximum Gasteiger partial charge on any atom is 0.246 e. The Morgan fingerprint density at radius 2 is 1.85 bits per heavy atom. The van der Waals surface area contributed by atoms with Crippen molar-refractivity contribution >= 4 is 17.5 Å². The van der Waals surface area contributed by atoms with E-state index in [0.29, 0.717) is 18.9 Å². The van der Waals surface area contributed by atoms with Gasteiger partial charge < -0.3 is 10.2 Å². The van der Waals surface area contributed by atoms with Gasteiger partial charge in [-0.25, -0.2) is 0 Å². The van der Waals surface area contributed by atoms with Crippen LogP contribution in [0.2, 0.25) is 0 Å². The Kier molecular flexibility index (Phi) is 4.97. The van der Waals surface area contributed by atoms with Crippen molar-refractivity contribution in [3.8, 4) is 0 Å². The van der Waals surface area contributed by atoms with Gasteiger partial charge in [0.1, 0.15) is 0 Å². The van der Waals surface area contributed by atoms with Gasteiger partial charge in [0.25, 0.3) is 0 Å². The fraction of sp³-hybridized carbons (Fsp3) is 0.391. The lowest BCUT2D eigenvalue weighted by Gasteiger charge is -2.19. The third-order valence-electron chi connectivity index (χ3n) is 5.73. The van der Waals surface area contributed by atoms with Crippen LogP contribution in [0.25, 0.3) is 0 Å². The van der Waals surface area contributed by atoms with E-state index in [1.165, 1.54) is 29.5 Å². The van der Waals surface area contributed by atoms with Crippen molar-refractivity contribution in [2.45, 2.75) is 38.5 Å². The molecule has 4 heteroatoms. The molecular formula is C23H26N2O2. The summed E-state index contributed by atoms with van der Waals surface area (Å²) in [6, 6.07) is 16.5. The Bertz CT molecular complexity index is 840. The molecule has 2 amide bonds. The van der Waals surface area contributed by atoms with Crippen LogP contribution < -0.4 is 10.2 Å². The number of anilines is 1. The van der Waals surface area contributed by atoms with E-state index in [9.17, 15) is 9.59 Å². The Morgan fingerprint density at radius 1 is 1.11 bits per heavy atom. The van der Waals surface area contributed by atoms with Gasteiger partial charge in [-0.3, -0.25) is 9.59 Å². The maximum absolute atomic E-state index is 12.6. The zero-order chi connectivity index (χ0) is 18.8. The van der Waals surface area contributed by atoms with Crippen LogP contribution in [0.15, 0.2) is 48.5 Å². The molecule has 1 atom stereocenters. The number of carbonyl (C=O) groups excluding carboxylic acids is 2. The second-order valence-corrected chi connectivity index (χ2v) is 7.76. The van der Waals surface area contributed by atoms with E-state index in [1.54, 1.807) is 4.90 Å². The van der Waals surface area contributed by atoms with Gasteiger partial charge in [-0.15, -0.1) is 0 Å². The van der Waals surface area contributed by atoms with Crippen molar-refractivity contribution in [2.75, 3.05) is 18.0 Å². The zero-order valence-electron chi connectivity index (χ0n) is 15.8. The Hall–Kier alpha value is -2.62. The number of rotatable bonds is 6. The van der Waals surface area contributed by atoms with E-state index in [0.717, 1.165) is 12.1 Å². The lowest BCUT2D eigenvalue weighted by Crippen LogP contribution is -2.39. The number of carbonyl (C=O) groups is 2. The molecule has 1 heterocycles. The summed E-state index contributed by atoms with van der Waals surface area (Å²) in [6.45, 7) is 2.84. The summed E-state index contributed by atoms with van der Waals surface area (Å²) >= 11 is 0. The van der Waals surface area contributed by atoms with E-state index in [-0.39, 0.29) is 24.3 Å².